The van der Waals surface area contributed by atoms with Gasteiger partial charge in [-0.15, -0.1) is 11.3 Å². The van der Waals surface area contributed by atoms with Crippen molar-refractivity contribution >= 4 is 11.3 Å². The normalized spacial score (nSPS) is 11.3. The minimum Gasteiger partial charge on any atom is -0.310 e. The van der Waals surface area contributed by atoms with E-state index in [1.54, 1.807) is 11.3 Å². The third-order valence-corrected chi connectivity index (χ3v) is 3.57. The molecule has 0 aromatic carbocycles. The summed E-state index contributed by atoms with van der Waals surface area (Å²) in [7, 11) is 0. The molecule has 0 aliphatic rings. The van der Waals surface area contributed by atoms with Crippen molar-refractivity contribution in [2.75, 3.05) is 19.6 Å². The van der Waals surface area contributed by atoms with E-state index in [0.29, 0.717) is 0 Å². The van der Waals surface area contributed by atoms with E-state index in [1.807, 2.05) is 0 Å². The third kappa shape index (κ3) is 5.61. The van der Waals surface area contributed by atoms with Crippen LogP contribution in [0.15, 0.2) is 5.38 Å². The Morgan fingerprint density at radius 3 is 2.76 bits per heavy atom. The fourth-order valence-electron chi connectivity index (χ4n) is 1.77. The quantitative estimate of drug-likeness (QED) is 0.688. The molecule has 0 spiro atoms. The van der Waals surface area contributed by atoms with Crippen LogP contribution in [-0.2, 0) is 13.1 Å². The summed E-state index contributed by atoms with van der Waals surface area (Å²) in [6, 6.07) is 0. The van der Waals surface area contributed by atoms with Crippen molar-refractivity contribution in [3.63, 3.8) is 0 Å². The molecule has 1 heterocycles. The van der Waals surface area contributed by atoms with Gasteiger partial charge in [-0.1, -0.05) is 20.8 Å². The Morgan fingerprint density at radius 1 is 1.29 bits per heavy atom. The lowest BCUT2D eigenvalue weighted by Crippen LogP contribution is -2.23. The highest BCUT2D eigenvalue weighted by atomic mass is 32.1. The van der Waals surface area contributed by atoms with Crippen LogP contribution in [0.5, 0.6) is 0 Å². The summed E-state index contributed by atoms with van der Waals surface area (Å²) >= 11 is 1.77. The van der Waals surface area contributed by atoms with Gasteiger partial charge in [-0.2, -0.15) is 0 Å². The molecule has 1 rings (SSSR count). The van der Waals surface area contributed by atoms with Crippen molar-refractivity contribution in [2.24, 2.45) is 0 Å². The number of nitrogens with zero attached hydrogens (tertiary/aromatic N) is 2. The highest BCUT2D eigenvalue weighted by molar-refractivity contribution is 7.09. The van der Waals surface area contributed by atoms with Crippen molar-refractivity contribution in [1.29, 1.82) is 0 Å². The first-order valence-electron chi connectivity index (χ1n) is 6.66. The van der Waals surface area contributed by atoms with Crippen LogP contribution in [0.3, 0.4) is 0 Å². The van der Waals surface area contributed by atoms with Crippen LogP contribution >= 0.6 is 11.3 Å². The Balaban J connectivity index is 2.38. The van der Waals surface area contributed by atoms with Crippen LogP contribution in [0, 0.1) is 0 Å². The Morgan fingerprint density at radius 2 is 2.12 bits per heavy atom. The smallest absolute Gasteiger partial charge is 0.107 e. The number of rotatable bonds is 9. The summed E-state index contributed by atoms with van der Waals surface area (Å²) in [5.41, 5.74) is 1.22. The predicted octanol–water partition coefficient (Wildman–Crippen LogP) is 2.87. The first-order valence-corrected chi connectivity index (χ1v) is 7.54. The van der Waals surface area contributed by atoms with Gasteiger partial charge in [-0.3, -0.25) is 4.90 Å². The maximum absolute atomic E-state index is 4.67. The van der Waals surface area contributed by atoms with Gasteiger partial charge in [0.2, 0.25) is 0 Å². The molecule has 1 aromatic rings. The molecule has 98 valence electrons. The Labute approximate surface area is 109 Å². The molecule has 3 nitrogen and oxygen atoms in total. The SMILES string of the molecule is CCCNCc1nc(CN(CC)CCC)cs1. The first kappa shape index (κ1) is 14.6. The standard InChI is InChI=1S/C13H25N3S/c1-4-7-14-9-13-15-12(11-17-13)10-16(6-3)8-5-2/h11,14H,4-10H2,1-3H3. The van der Waals surface area contributed by atoms with Gasteiger partial charge in [-0.05, 0) is 32.5 Å². The van der Waals surface area contributed by atoms with Gasteiger partial charge in [0.05, 0.1) is 5.69 Å². The highest BCUT2D eigenvalue weighted by Gasteiger charge is 2.06. The lowest BCUT2D eigenvalue weighted by Gasteiger charge is -2.17. The topological polar surface area (TPSA) is 28.2 Å². The van der Waals surface area contributed by atoms with Crippen LogP contribution in [0.25, 0.3) is 0 Å². The zero-order valence-corrected chi connectivity index (χ0v) is 12.1. The summed E-state index contributed by atoms with van der Waals surface area (Å²) in [6.45, 7) is 11.9. The molecule has 0 aliphatic heterocycles. The minimum atomic E-state index is 0.915. The van der Waals surface area contributed by atoms with E-state index in [2.05, 4.69) is 41.4 Å². The van der Waals surface area contributed by atoms with Gasteiger partial charge < -0.3 is 5.32 Å². The van der Waals surface area contributed by atoms with Crippen LogP contribution in [0.4, 0.5) is 0 Å². The average Bonchev–Trinajstić information content (AvgIpc) is 2.77. The average molecular weight is 255 g/mol. The largest absolute Gasteiger partial charge is 0.310 e. The number of thiazole rings is 1. The van der Waals surface area contributed by atoms with Gasteiger partial charge in [0.15, 0.2) is 0 Å². The van der Waals surface area contributed by atoms with E-state index >= 15 is 0 Å². The maximum atomic E-state index is 4.67. The van der Waals surface area contributed by atoms with Gasteiger partial charge in [0.1, 0.15) is 5.01 Å². The molecule has 1 N–H and O–H groups in total. The highest BCUT2D eigenvalue weighted by Crippen LogP contribution is 2.11. The van der Waals surface area contributed by atoms with E-state index < -0.39 is 0 Å². The van der Waals surface area contributed by atoms with E-state index in [9.17, 15) is 0 Å². The monoisotopic (exact) mass is 255 g/mol. The lowest BCUT2D eigenvalue weighted by atomic mass is 10.3. The summed E-state index contributed by atoms with van der Waals surface area (Å²) < 4.78 is 0. The molecule has 0 bridgehead atoms. The lowest BCUT2D eigenvalue weighted by molar-refractivity contribution is 0.277. The molecular formula is C13H25N3S. The van der Waals surface area contributed by atoms with Crippen molar-refractivity contribution in [3.8, 4) is 0 Å². The molecule has 1 aromatic heterocycles. The Hall–Kier alpha value is -0.450. The number of hydrogen-bond donors (Lipinski definition) is 1. The molecule has 4 heteroatoms. The zero-order chi connectivity index (χ0) is 12.5. The summed E-state index contributed by atoms with van der Waals surface area (Å²) in [5, 5.41) is 6.80. The molecule has 0 fully saturated rings. The van der Waals surface area contributed by atoms with E-state index in [-0.39, 0.29) is 0 Å². The first-order chi connectivity index (χ1) is 8.30. The van der Waals surface area contributed by atoms with Gasteiger partial charge in [0, 0.05) is 18.5 Å². The van der Waals surface area contributed by atoms with Crippen molar-refractivity contribution < 1.29 is 0 Å². The Kier molecular flexibility index (Phi) is 7.40. The molecular weight excluding hydrogens is 230 g/mol. The van der Waals surface area contributed by atoms with Crippen LogP contribution in [0.1, 0.15) is 44.3 Å². The van der Waals surface area contributed by atoms with Crippen molar-refractivity contribution in [3.05, 3.63) is 16.1 Å². The second kappa shape index (κ2) is 8.61. The molecule has 0 saturated heterocycles. The Bertz CT molecular complexity index is 299. The summed E-state index contributed by atoms with van der Waals surface area (Å²) in [4.78, 5) is 7.11. The van der Waals surface area contributed by atoms with E-state index in [1.165, 1.54) is 23.5 Å². The van der Waals surface area contributed by atoms with Crippen molar-refractivity contribution in [1.82, 2.24) is 15.2 Å². The molecule has 0 atom stereocenters. The number of aromatic nitrogens is 1. The van der Waals surface area contributed by atoms with Crippen LogP contribution in [-0.4, -0.2) is 29.5 Å². The second-order valence-electron chi connectivity index (χ2n) is 4.28. The molecule has 0 aliphatic carbocycles. The molecule has 17 heavy (non-hydrogen) atoms. The van der Waals surface area contributed by atoms with Gasteiger partial charge >= 0.3 is 0 Å². The predicted molar refractivity (Wildman–Crippen MR) is 75.4 cm³/mol. The number of hydrogen-bond acceptors (Lipinski definition) is 4. The molecule has 0 radical (unpaired) electrons. The molecule has 0 saturated carbocycles. The minimum absolute atomic E-state index is 0.915. The molecule has 0 unspecified atom stereocenters. The fourth-order valence-corrected chi connectivity index (χ4v) is 2.52. The third-order valence-electron chi connectivity index (χ3n) is 2.67. The van der Waals surface area contributed by atoms with Crippen molar-refractivity contribution in [2.45, 2.75) is 46.7 Å². The maximum Gasteiger partial charge on any atom is 0.107 e. The van der Waals surface area contributed by atoms with Crippen LogP contribution < -0.4 is 5.32 Å². The second-order valence-corrected chi connectivity index (χ2v) is 5.22. The van der Waals surface area contributed by atoms with Crippen LogP contribution in [0.2, 0.25) is 0 Å². The van der Waals surface area contributed by atoms with Gasteiger partial charge in [0.25, 0.3) is 0 Å². The van der Waals surface area contributed by atoms with E-state index in [4.69, 9.17) is 0 Å². The zero-order valence-electron chi connectivity index (χ0n) is 11.3. The number of nitrogens with one attached hydrogen (secondary N) is 1. The molecule has 0 amide bonds. The van der Waals surface area contributed by atoms with E-state index in [0.717, 1.165) is 32.7 Å². The fraction of sp³-hybridized carbons (Fsp3) is 0.769. The van der Waals surface area contributed by atoms with Gasteiger partial charge in [-0.25, -0.2) is 4.98 Å². The summed E-state index contributed by atoms with van der Waals surface area (Å²) in [6.07, 6.45) is 2.39. The summed E-state index contributed by atoms with van der Waals surface area (Å²) in [5.74, 6) is 0.